The molecule has 1 atom stereocenters. The van der Waals surface area contributed by atoms with Crippen LogP contribution in [-0.4, -0.2) is 73.2 Å². The lowest BCUT2D eigenvalue weighted by Gasteiger charge is -2.40. The first-order chi connectivity index (χ1) is 12.4. The van der Waals surface area contributed by atoms with E-state index >= 15 is 0 Å². The third kappa shape index (κ3) is 5.04. The molecule has 0 spiro atoms. The van der Waals surface area contributed by atoms with Crippen LogP contribution in [0.4, 0.5) is 0 Å². The van der Waals surface area contributed by atoms with Crippen LogP contribution in [-0.2, 0) is 17.8 Å². The standard InChI is InChI=1S/C20H33N3OS/c1-2-6-21(7-3-1)14-18-13-20(25-17-18)16-22-8-4-5-19(15-22)23-9-11-24-12-10-23/h13,17,19H,1-12,14-16H2. The monoisotopic (exact) mass is 363 g/mol. The Labute approximate surface area is 156 Å². The number of rotatable bonds is 5. The maximum atomic E-state index is 5.52. The Morgan fingerprint density at radius 2 is 1.72 bits per heavy atom. The number of ether oxygens (including phenoxy) is 1. The molecular formula is C20H33N3OS. The summed E-state index contributed by atoms with van der Waals surface area (Å²) in [6.45, 7) is 11.5. The van der Waals surface area contributed by atoms with Gasteiger partial charge in [0.05, 0.1) is 13.2 Å². The third-order valence-electron chi connectivity index (χ3n) is 5.99. The van der Waals surface area contributed by atoms with E-state index < -0.39 is 0 Å². The quantitative estimate of drug-likeness (QED) is 0.800. The van der Waals surface area contributed by atoms with E-state index in [4.69, 9.17) is 4.74 Å². The van der Waals surface area contributed by atoms with E-state index in [1.165, 1.54) is 63.8 Å². The molecule has 3 aliphatic rings. The van der Waals surface area contributed by atoms with E-state index in [-0.39, 0.29) is 0 Å². The normalized spacial score (nSPS) is 27.6. The number of hydrogen-bond acceptors (Lipinski definition) is 5. The van der Waals surface area contributed by atoms with Crippen molar-refractivity contribution in [3.8, 4) is 0 Å². The van der Waals surface area contributed by atoms with Crippen LogP contribution in [0.15, 0.2) is 11.4 Å². The highest BCUT2D eigenvalue weighted by Gasteiger charge is 2.26. The van der Waals surface area contributed by atoms with Crippen molar-refractivity contribution < 1.29 is 4.74 Å². The Balaban J connectivity index is 1.28. The average Bonchev–Trinajstić information content (AvgIpc) is 3.10. The van der Waals surface area contributed by atoms with Gasteiger partial charge >= 0.3 is 0 Å². The van der Waals surface area contributed by atoms with Gasteiger partial charge < -0.3 is 4.74 Å². The van der Waals surface area contributed by atoms with Gasteiger partial charge in [0, 0.05) is 43.6 Å². The van der Waals surface area contributed by atoms with Crippen LogP contribution in [0.1, 0.15) is 42.5 Å². The fraction of sp³-hybridized carbons (Fsp3) is 0.800. The topological polar surface area (TPSA) is 19.0 Å². The maximum Gasteiger partial charge on any atom is 0.0594 e. The van der Waals surface area contributed by atoms with Crippen LogP contribution >= 0.6 is 11.3 Å². The molecule has 1 aromatic heterocycles. The second-order valence-electron chi connectivity index (χ2n) is 7.94. The largest absolute Gasteiger partial charge is 0.379 e. The SMILES string of the molecule is c1sc(CN2CCCC(N3CCOCC3)C2)cc1CN1CCCCC1. The van der Waals surface area contributed by atoms with Gasteiger partial charge in [-0.1, -0.05) is 6.42 Å². The molecule has 4 rings (SSSR count). The molecule has 3 aliphatic heterocycles. The number of morpholine rings is 1. The van der Waals surface area contributed by atoms with E-state index in [9.17, 15) is 0 Å². The van der Waals surface area contributed by atoms with Crippen molar-refractivity contribution >= 4 is 11.3 Å². The first kappa shape index (κ1) is 17.9. The smallest absolute Gasteiger partial charge is 0.0594 e. The molecule has 0 N–H and O–H groups in total. The van der Waals surface area contributed by atoms with Crippen molar-refractivity contribution in [2.45, 2.75) is 51.2 Å². The Hall–Kier alpha value is -0.460. The summed E-state index contributed by atoms with van der Waals surface area (Å²) in [5, 5.41) is 2.40. The van der Waals surface area contributed by atoms with Crippen LogP contribution in [0.5, 0.6) is 0 Å². The summed E-state index contributed by atoms with van der Waals surface area (Å²) >= 11 is 1.97. The van der Waals surface area contributed by atoms with E-state index in [1.54, 1.807) is 4.88 Å². The molecule has 3 saturated heterocycles. The number of nitrogens with zero attached hydrogens (tertiary/aromatic N) is 3. The molecule has 4 heterocycles. The van der Waals surface area contributed by atoms with Crippen LogP contribution in [0.3, 0.4) is 0 Å². The van der Waals surface area contributed by atoms with E-state index in [2.05, 4.69) is 26.1 Å². The predicted molar refractivity (Wildman–Crippen MR) is 104 cm³/mol. The second-order valence-corrected chi connectivity index (χ2v) is 8.93. The highest BCUT2D eigenvalue weighted by molar-refractivity contribution is 7.10. The molecule has 1 unspecified atom stereocenters. The van der Waals surface area contributed by atoms with Crippen molar-refractivity contribution in [2.75, 3.05) is 52.5 Å². The van der Waals surface area contributed by atoms with Crippen molar-refractivity contribution in [1.82, 2.24) is 14.7 Å². The lowest BCUT2D eigenvalue weighted by Crippen LogP contribution is -2.51. The summed E-state index contributed by atoms with van der Waals surface area (Å²) in [4.78, 5) is 9.52. The van der Waals surface area contributed by atoms with Gasteiger partial charge in [0.1, 0.15) is 0 Å². The van der Waals surface area contributed by atoms with E-state index in [1.807, 2.05) is 11.3 Å². The van der Waals surface area contributed by atoms with Gasteiger partial charge in [-0.3, -0.25) is 14.7 Å². The molecule has 0 saturated carbocycles. The summed E-state index contributed by atoms with van der Waals surface area (Å²) < 4.78 is 5.52. The maximum absolute atomic E-state index is 5.52. The van der Waals surface area contributed by atoms with Crippen LogP contribution in [0.2, 0.25) is 0 Å². The van der Waals surface area contributed by atoms with Crippen LogP contribution in [0, 0.1) is 0 Å². The first-order valence-corrected chi connectivity index (χ1v) is 11.1. The van der Waals surface area contributed by atoms with Crippen LogP contribution < -0.4 is 0 Å². The number of piperidine rings is 2. The molecule has 1 aromatic rings. The van der Waals surface area contributed by atoms with Gasteiger partial charge in [-0.15, -0.1) is 11.3 Å². The molecule has 0 bridgehead atoms. The predicted octanol–water partition coefficient (Wildman–Crippen LogP) is 3.03. The summed E-state index contributed by atoms with van der Waals surface area (Å²) in [6, 6.07) is 3.21. The molecule has 4 nitrogen and oxygen atoms in total. The lowest BCUT2D eigenvalue weighted by molar-refractivity contribution is -0.00346. The molecule has 5 heteroatoms. The van der Waals surface area contributed by atoms with Gasteiger partial charge in [-0.05, 0) is 62.3 Å². The van der Waals surface area contributed by atoms with Gasteiger partial charge in [0.2, 0.25) is 0 Å². The molecule has 0 radical (unpaired) electrons. The molecule has 25 heavy (non-hydrogen) atoms. The zero-order chi connectivity index (χ0) is 16.9. The first-order valence-electron chi connectivity index (χ1n) is 10.2. The molecule has 140 valence electrons. The van der Waals surface area contributed by atoms with Gasteiger partial charge in [0.15, 0.2) is 0 Å². The molecule has 0 aliphatic carbocycles. The summed E-state index contributed by atoms with van der Waals surface area (Å²) in [6.07, 6.45) is 6.89. The Bertz CT molecular complexity index is 523. The van der Waals surface area contributed by atoms with Crippen molar-refractivity contribution in [1.29, 1.82) is 0 Å². The summed E-state index contributed by atoms with van der Waals surface area (Å²) in [7, 11) is 0. The minimum absolute atomic E-state index is 0.741. The molecule has 0 amide bonds. The zero-order valence-corrected chi connectivity index (χ0v) is 16.3. The minimum atomic E-state index is 0.741. The number of thiophene rings is 1. The average molecular weight is 364 g/mol. The number of likely N-dealkylation sites (tertiary alicyclic amines) is 2. The number of hydrogen-bond donors (Lipinski definition) is 0. The zero-order valence-electron chi connectivity index (χ0n) is 15.5. The minimum Gasteiger partial charge on any atom is -0.379 e. The Kier molecular flexibility index (Phi) is 6.42. The van der Waals surface area contributed by atoms with E-state index in [0.29, 0.717) is 0 Å². The Morgan fingerprint density at radius 1 is 0.920 bits per heavy atom. The molecule has 3 fully saturated rings. The van der Waals surface area contributed by atoms with Gasteiger partial charge in [0.25, 0.3) is 0 Å². The van der Waals surface area contributed by atoms with Crippen molar-refractivity contribution in [3.63, 3.8) is 0 Å². The third-order valence-corrected chi connectivity index (χ3v) is 6.96. The molecule has 0 aromatic carbocycles. The summed E-state index contributed by atoms with van der Waals surface area (Å²) in [5.41, 5.74) is 1.53. The lowest BCUT2D eigenvalue weighted by atomic mass is 10.0. The van der Waals surface area contributed by atoms with Crippen molar-refractivity contribution in [2.24, 2.45) is 0 Å². The van der Waals surface area contributed by atoms with Crippen molar-refractivity contribution in [3.05, 3.63) is 21.9 Å². The Morgan fingerprint density at radius 3 is 2.56 bits per heavy atom. The summed E-state index contributed by atoms with van der Waals surface area (Å²) in [5.74, 6) is 0. The fourth-order valence-electron chi connectivity index (χ4n) is 4.60. The second kappa shape index (κ2) is 8.96. The molecular weight excluding hydrogens is 330 g/mol. The highest BCUT2D eigenvalue weighted by atomic mass is 32.1. The highest BCUT2D eigenvalue weighted by Crippen LogP contribution is 2.23. The van der Waals surface area contributed by atoms with Gasteiger partial charge in [-0.2, -0.15) is 0 Å². The van der Waals surface area contributed by atoms with E-state index in [0.717, 1.165) is 45.4 Å². The fourth-order valence-corrected chi connectivity index (χ4v) is 5.53. The van der Waals surface area contributed by atoms with Gasteiger partial charge in [-0.25, -0.2) is 0 Å². The van der Waals surface area contributed by atoms with Crippen LogP contribution in [0.25, 0.3) is 0 Å².